The van der Waals surface area contributed by atoms with E-state index >= 15 is 0 Å². The summed E-state index contributed by atoms with van der Waals surface area (Å²) in [4.78, 5) is 1.47. The van der Waals surface area contributed by atoms with Crippen LogP contribution in [-0.2, 0) is 6.16 Å². The second kappa shape index (κ2) is 3.60. The minimum Gasteiger partial charge on any atom is -0.149 e. The van der Waals surface area contributed by atoms with E-state index in [4.69, 9.17) is 0 Å². The second-order valence-corrected chi connectivity index (χ2v) is 4.73. The SMILES string of the molecule is BrPCc1cccs1. The molecule has 1 atom stereocenters. The van der Waals surface area contributed by atoms with E-state index < -0.39 is 0 Å². The summed E-state index contributed by atoms with van der Waals surface area (Å²) in [6, 6.07) is 4.26. The van der Waals surface area contributed by atoms with Crippen LogP contribution in [0.1, 0.15) is 4.88 Å². The topological polar surface area (TPSA) is 0 Å². The van der Waals surface area contributed by atoms with Crippen LogP contribution in [0.5, 0.6) is 0 Å². The number of hydrogen-bond donors (Lipinski definition) is 0. The van der Waals surface area contributed by atoms with E-state index in [-0.39, 0.29) is 0 Å². The molecule has 0 aliphatic rings. The molecule has 0 radical (unpaired) electrons. The minimum absolute atomic E-state index is 0.875. The van der Waals surface area contributed by atoms with Crippen LogP contribution in [-0.4, -0.2) is 0 Å². The number of rotatable bonds is 2. The van der Waals surface area contributed by atoms with Gasteiger partial charge in [-0.05, 0) is 18.7 Å². The fourth-order valence-electron chi connectivity index (χ4n) is 0.479. The molecule has 0 amide bonds. The Morgan fingerprint density at radius 3 is 3.12 bits per heavy atom. The molecule has 0 bridgehead atoms. The molecule has 0 nitrogen and oxygen atoms in total. The van der Waals surface area contributed by atoms with Crippen LogP contribution in [0, 0.1) is 0 Å². The zero-order chi connectivity index (χ0) is 5.82. The zero-order valence-electron chi connectivity index (χ0n) is 4.23. The Labute approximate surface area is 62.8 Å². The van der Waals surface area contributed by atoms with Crippen molar-refractivity contribution in [3.63, 3.8) is 0 Å². The van der Waals surface area contributed by atoms with Gasteiger partial charge in [-0.15, -0.1) is 11.3 Å². The quantitative estimate of drug-likeness (QED) is 0.656. The van der Waals surface area contributed by atoms with Crippen molar-refractivity contribution in [3.05, 3.63) is 22.4 Å². The Morgan fingerprint density at radius 1 is 1.75 bits per heavy atom. The Balaban J connectivity index is 2.50. The molecular weight excluding hydrogens is 203 g/mol. The second-order valence-electron chi connectivity index (χ2n) is 1.39. The lowest BCUT2D eigenvalue weighted by atomic mass is 10.5. The highest BCUT2D eigenvalue weighted by Gasteiger charge is 1.87. The summed E-state index contributed by atoms with van der Waals surface area (Å²) in [5.41, 5.74) is 0. The first-order valence-corrected chi connectivity index (χ1v) is 6.63. The van der Waals surface area contributed by atoms with Crippen LogP contribution < -0.4 is 0 Å². The molecule has 1 unspecified atom stereocenters. The van der Waals surface area contributed by atoms with Gasteiger partial charge in [-0.25, -0.2) is 0 Å². The number of halogens is 1. The first kappa shape index (κ1) is 6.73. The molecule has 8 heavy (non-hydrogen) atoms. The zero-order valence-corrected chi connectivity index (χ0v) is 7.63. The molecule has 1 aromatic rings. The predicted molar refractivity (Wildman–Crippen MR) is 45.3 cm³/mol. The average molecular weight is 209 g/mol. The highest BCUT2D eigenvalue weighted by Crippen LogP contribution is 2.27. The maximum absolute atomic E-state index is 3.41. The van der Waals surface area contributed by atoms with Crippen molar-refractivity contribution in [2.45, 2.75) is 6.16 Å². The van der Waals surface area contributed by atoms with E-state index in [9.17, 15) is 0 Å². The molecule has 0 saturated carbocycles. The number of hydrogen-bond acceptors (Lipinski definition) is 1. The summed E-state index contributed by atoms with van der Waals surface area (Å²) in [5, 5.41) is 2.11. The molecule has 1 aromatic heterocycles. The van der Waals surface area contributed by atoms with Crippen LogP contribution in [0.15, 0.2) is 17.5 Å². The van der Waals surface area contributed by atoms with Crippen LogP contribution in [0.3, 0.4) is 0 Å². The van der Waals surface area contributed by atoms with E-state index in [0.717, 1.165) is 7.28 Å². The van der Waals surface area contributed by atoms with Crippen molar-refractivity contribution < 1.29 is 0 Å². The molecule has 0 fully saturated rings. The van der Waals surface area contributed by atoms with E-state index in [1.54, 1.807) is 0 Å². The van der Waals surface area contributed by atoms with Crippen molar-refractivity contribution in [3.8, 4) is 0 Å². The third-order valence-corrected chi connectivity index (χ3v) is 3.31. The molecular formula is C5H6BrPS. The fourth-order valence-corrected chi connectivity index (χ4v) is 3.23. The molecule has 1 heterocycles. The van der Waals surface area contributed by atoms with E-state index in [1.165, 1.54) is 11.0 Å². The lowest BCUT2D eigenvalue weighted by Gasteiger charge is -1.84. The third-order valence-electron chi connectivity index (χ3n) is 0.821. The lowest BCUT2D eigenvalue weighted by Crippen LogP contribution is -1.60. The van der Waals surface area contributed by atoms with Crippen molar-refractivity contribution in [1.29, 1.82) is 0 Å². The van der Waals surface area contributed by atoms with Gasteiger partial charge in [0.25, 0.3) is 0 Å². The molecule has 0 aliphatic carbocycles. The van der Waals surface area contributed by atoms with Gasteiger partial charge >= 0.3 is 0 Å². The molecule has 0 saturated heterocycles. The van der Waals surface area contributed by atoms with Crippen molar-refractivity contribution in [2.24, 2.45) is 0 Å². The first-order chi connectivity index (χ1) is 3.93. The predicted octanol–water partition coefficient (Wildman–Crippen LogP) is 3.24. The largest absolute Gasteiger partial charge is 0.149 e. The maximum atomic E-state index is 3.41. The Kier molecular flexibility index (Phi) is 3.03. The Hall–Kier alpha value is 0.610. The van der Waals surface area contributed by atoms with Crippen molar-refractivity contribution >= 4 is 34.1 Å². The summed E-state index contributed by atoms with van der Waals surface area (Å²) < 4.78 is 0. The van der Waals surface area contributed by atoms with E-state index in [1.807, 2.05) is 11.3 Å². The van der Waals surface area contributed by atoms with Crippen molar-refractivity contribution in [1.82, 2.24) is 0 Å². The minimum atomic E-state index is 0.875. The van der Waals surface area contributed by atoms with Gasteiger partial charge in [0.1, 0.15) is 0 Å². The molecule has 3 heteroatoms. The summed E-state index contributed by atoms with van der Waals surface area (Å²) >= 11 is 5.23. The van der Waals surface area contributed by atoms with Gasteiger partial charge in [0.2, 0.25) is 0 Å². The normalized spacial score (nSPS) is 11.1. The summed E-state index contributed by atoms with van der Waals surface area (Å²) in [6.45, 7) is 0. The third kappa shape index (κ3) is 1.85. The monoisotopic (exact) mass is 208 g/mol. The van der Waals surface area contributed by atoms with Crippen LogP contribution in [0.2, 0.25) is 0 Å². The first-order valence-electron chi connectivity index (χ1n) is 2.29. The highest BCUT2D eigenvalue weighted by molar-refractivity contribution is 9.36. The van der Waals surface area contributed by atoms with Gasteiger partial charge in [-0.3, -0.25) is 0 Å². The molecule has 44 valence electrons. The van der Waals surface area contributed by atoms with Crippen LogP contribution >= 0.6 is 34.1 Å². The molecule has 0 aliphatic heterocycles. The summed E-state index contributed by atoms with van der Waals surface area (Å²) in [7, 11) is 0.875. The average Bonchev–Trinajstić information content (AvgIpc) is 2.19. The van der Waals surface area contributed by atoms with Gasteiger partial charge in [0.15, 0.2) is 0 Å². The van der Waals surface area contributed by atoms with Gasteiger partial charge in [-0.1, -0.05) is 21.6 Å². The van der Waals surface area contributed by atoms with Crippen molar-refractivity contribution in [2.75, 3.05) is 0 Å². The highest BCUT2D eigenvalue weighted by atomic mass is 79.9. The molecule has 1 rings (SSSR count). The Bertz CT molecular complexity index is 138. The van der Waals surface area contributed by atoms with Gasteiger partial charge in [0.05, 0.1) is 0 Å². The van der Waals surface area contributed by atoms with Gasteiger partial charge in [0, 0.05) is 11.0 Å². The van der Waals surface area contributed by atoms with E-state index in [0.29, 0.717) is 0 Å². The lowest BCUT2D eigenvalue weighted by molar-refractivity contribution is 1.56. The van der Waals surface area contributed by atoms with Gasteiger partial charge < -0.3 is 0 Å². The molecule has 0 aromatic carbocycles. The maximum Gasteiger partial charge on any atom is 0.00935 e. The van der Waals surface area contributed by atoms with Crippen LogP contribution in [0.25, 0.3) is 0 Å². The molecule has 0 spiro atoms. The fraction of sp³-hybridized carbons (Fsp3) is 0.200. The van der Waals surface area contributed by atoms with Gasteiger partial charge in [-0.2, -0.15) is 0 Å². The molecule has 0 N–H and O–H groups in total. The standard InChI is InChI=1S/C5H6BrPS/c6-7-4-5-2-1-3-8-5/h1-3,7H,4H2. The Morgan fingerprint density at radius 2 is 2.62 bits per heavy atom. The number of thiophene rings is 1. The smallest absolute Gasteiger partial charge is 0.00935 e. The summed E-state index contributed by atoms with van der Waals surface area (Å²) in [5.74, 6) is 0. The summed E-state index contributed by atoms with van der Waals surface area (Å²) in [6.07, 6.45) is 1.19. The van der Waals surface area contributed by atoms with E-state index in [2.05, 4.69) is 33.0 Å². The van der Waals surface area contributed by atoms with Crippen LogP contribution in [0.4, 0.5) is 0 Å².